The van der Waals surface area contributed by atoms with E-state index in [2.05, 4.69) is 16.0 Å². The number of ether oxygens (including phenoxy) is 1. The Morgan fingerprint density at radius 3 is 2.63 bits per heavy atom. The third-order valence-electron chi connectivity index (χ3n) is 4.66. The number of rotatable bonds is 3. The lowest BCUT2D eigenvalue weighted by Gasteiger charge is -2.09. The van der Waals surface area contributed by atoms with Crippen LogP contribution in [0.25, 0.3) is 32.6 Å². The molecule has 0 saturated heterocycles. The van der Waals surface area contributed by atoms with Crippen LogP contribution in [0.2, 0.25) is 0 Å². The SMILES string of the molecule is O=[N+]([O-])c1ccc(Oc2ccc3c(c2)[nH]c2ccccc23)c2ccncc12. The number of para-hydroxylation sites is 1. The first-order chi connectivity index (χ1) is 13.2. The highest BCUT2D eigenvalue weighted by Crippen LogP contribution is 2.36. The van der Waals surface area contributed by atoms with Crippen LogP contribution in [0.3, 0.4) is 0 Å². The lowest BCUT2D eigenvalue weighted by molar-refractivity contribution is -0.383. The molecule has 2 heterocycles. The van der Waals surface area contributed by atoms with Crippen LogP contribution < -0.4 is 4.74 Å². The van der Waals surface area contributed by atoms with E-state index in [0.29, 0.717) is 22.3 Å². The van der Waals surface area contributed by atoms with Gasteiger partial charge in [-0.05, 0) is 30.3 Å². The first kappa shape index (κ1) is 15.3. The number of nitrogens with one attached hydrogen (secondary N) is 1. The van der Waals surface area contributed by atoms with E-state index in [0.717, 1.165) is 21.8 Å². The van der Waals surface area contributed by atoms with E-state index < -0.39 is 4.92 Å². The normalized spacial score (nSPS) is 11.3. The molecular formula is C21H13N3O3. The smallest absolute Gasteiger partial charge is 0.279 e. The Bertz CT molecular complexity index is 1340. The number of pyridine rings is 1. The number of H-pyrrole nitrogens is 1. The van der Waals surface area contributed by atoms with Gasteiger partial charge < -0.3 is 9.72 Å². The van der Waals surface area contributed by atoms with Crippen LogP contribution in [0.4, 0.5) is 5.69 Å². The Morgan fingerprint density at radius 1 is 0.889 bits per heavy atom. The molecule has 3 aromatic carbocycles. The van der Waals surface area contributed by atoms with Crippen molar-refractivity contribution in [2.45, 2.75) is 0 Å². The fourth-order valence-electron chi connectivity index (χ4n) is 3.42. The van der Waals surface area contributed by atoms with Crippen LogP contribution in [0, 0.1) is 10.1 Å². The highest BCUT2D eigenvalue weighted by atomic mass is 16.6. The van der Waals surface area contributed by atoms with Gasteiger partial charge in [0.05, 0.1) is 15.8 Å². The first-order valence-electron chi connectivity index (χ1n) is 8.40. The van der Waals surface area contributed by atoms with E-state index in [1.165, 1.54) is 12.3 Å². The molecule has 2 aromatic heterocycles. The number of nitro benzene ring substituents is 1. The molecule has 0 spiro atoms. The molecule has 1 N–H and O–H groups in total. The molecule has 0 unspecified atom stereocenters. The molecule has 0 atom stereocenters. The summed E-state index contributed by atoms with van der Waals surface area (Å²) in [7, 11) is 0. The van der Waals surface area contributed by atoms with Gasteiger partial charge in [-0.3, -0.25) is 15.1 Å². The summed E-state index contributed by atoms with van der Waals surface area (Å²) in [6, 6.07) is 18.7. The van der Waals surface area contributed by atoms with E-state index >= 15 is 0 Å². The van der Waals surface area contributed by atoms with Crippen molar-refractivity contribution in [1.82, 2.24) is 9.97 Å². The van der Waals surface area contributed by atoms with Crippen LogP contribution >= 0.6 is 0 Å². The minimum atomic E-state index is -0.412. The van der Waals surface area contributed by atoms with Gasteiger partial charge in [0.1, 0.15) is 11.5 Å². The number of aromatic nitrogens is 2. The number of nitro groups is 1. The van der Waals surface area contributed by atoms with Gasteiger partial charge in [-0.2, -0.15) is 0 Å². The topological polar surface area (TPSA) is 81.0 Å². The van der Waals surface area contributed by atoms with E-state index in [-0.39, 0.29) is 5.69 Å². The second-order valence-corrected chi connectivity index (χ2v) is 6.24. The predicted molar refractivity (Wildman–Crippen MR) is 104 cm³/mol. The summed E-state index contributed by atoms with van der Waals surface area (Å²) in [4.78, 5) is 18.2. The summed E-state index contributed by atoms with van der Waals surface area (Å²) in [5.41, 5.74) is 2.05. The van der Waals surface area contributed by atoms with E-state index in [9.17, 15) is 10.1 Å². The summed E-state index contributed by atoms with van der Waals surface area (Å²) in [6.45, 7) is 0. The molecule has 0 amide bonds. The van der Waals surface area contributed by atoms with Crippen molar-refractivity contribution >= 4 is 38.3 Å². The molecule has 0 aliphatic carbocycles. The van der Waals surface area contributed by atoms with E-state index in [4.69, 9.17) is 4.74 Å². The van der Waals surface area contributed by atoms with Crippen LogP contribution in [0.5, 0.6) is 11.5 Å². The third kappa shape index (κ3) is 2.46. The molecular weight excluding hydrogens is 342 g/mol. The number of hydrogen-bond donors (Lipinski definition) is 1. The average molecular weight is 355 g/mol. The maximum Gasteiger partial charge on any atom is 0.279 e. The Hall–Kier alpha value is -3.93. The molecule has 0 aliphatic rings. The summed E-state index contributed by atoms with van der Waals surface area (Å²) in [5, 5.41) is 14.6. The molecule has 0 fully saturated rings. The molecule has 0 saturated carbocycles. The molecule has 130 valence electrons. The second-order valence-electron chi connectivity index (χ2n) is 6.24. The first-order valence-corrected chi connectivity index (χ1v) is 8.40. The Morgan fingerprint density at radius 2 is 1.74 bits per heavy atom. The average Bonchev–Trinajstić information content (AvgIpc) is 3.05. The van der Waals surface area contributed by atoms with Gasteiger partial charge in [0.25, 0.3) is 5.69 Å². The summed E-state index contributed by atoms with van der Waals surface area (Å²) < 4.78 is 6.06. The second kappa shape index (κ2) is 5.81. The van der Waals surface area contributed by atoms with Crippen molar-refractivity contribution < 1.29 is 9.66 Å². The fourth-order valence-corrected chi connectivity index (χ4v) is 3.42. The zero-order valence-corrected chi connectivity index (χ0v) is 14.0. The Labute approximate surface area is 153 Å². The molecule has 0 bridgehead atoms. The summed E-state index contributed by atoms with van der Waals surface area (Å²) in [5.74, 6) is 1.20. The number of non-ortho nitro benzene ring substituents is 1. The zero-order valence-electron chi connectivity index (χ0n) is 14.0. The largest absolute Gasteiger partial charge is 0.457 e. The zero-order chi connectivity index (χ0) is 18.4. The lowest BCUT2D eigenvalue weighted by Crippen LogP contribution is -1.92. The number of aromatic amines is 1. The summed E-state index contributed by atoms with van der Waals surface area (Å²) in [6.07, 6.45) is 3.08. The van der Waals surface area contributed by atoms with Gasteiger partial charge in [0.2, 0.25) is 0 Å². The van der Waals surface area contributed by atoms with Gasteiger partial charge in [-0.1, -0.05) is 18.2 Å². The van der Waals surface area contributed by atoms with Gasteiger partial charge >= 0.3 is 0 Å². The quantitative estimate of drug-likeness (QED) is 0.339. The highest BCUT2D eigenvalue weighted by molar-refractivity contribution is 6.07. The van der Waals surface area contributed by atoms with E-state index in [1.54, 1.807) is 18.3 Å². The highest BCUT2D eigenvalue weighted by Gasteiger charge is 2.16. The van der Waals surface area contributed by atoms with E-state index in [1.807, 2.05) is 36.4 Å². The van der Waals surface area contributed by atoms with Crippen molar-refractivity contribution in [3.63, 3.8) is 0 Å². The number of hydrogen-bond acceptors (Lipinski definition) is 4. The maximum atomic E-state index is 11.2. The van der Waals surface area contributed by atoms with Crippen molar-refractivity contribution in [3.8, 4) is 11.5 Å². The minimum Gasteiger partial charge on any atom is -0.457 e. The Balaban J connectivity index is 1.62. The molecule has 6 nitrogen and oxygen atoms in total. The standard InChI is InChI=1S/C21H13N3O3/c25-24(26)20-7-8-21(16-9-10-22-12-17(16)20)27-13-5-6-15-14-3-1-2-4-18(14)23-19(15)11-13/h1-12,23H. The predicted octanol–water partition coefficient (Wildman–Crippen LogP) is 5.57. The van der Waals surface area contributed by atoms with Crippen molar-refractivity contribution in [2.75, 3.05) is 0 Å². The molecule has 6 heteroatoms. The Kier molecular flexibility index (Phi) is 3.30. The van der Waals surface area contributed by atoms with Crippen LogP contribution in [-0.4, -0.2) is 14.9 Å². The third-order valence-corrected chi connectivity index (χ3v) is 4.66. The fraction of sp³-hybridized carbons (Fsp3) is 0. The van der Waals surface area contributed by atoms with Crippen LogP contribution in [0.1, 0.15) is 0 Å². The van der Waals surface area contributed by atoms with Crippen molar-refractivity contribution in [1.29, 1.82) is 0 Å². The monoisotopic (exact) mass is 355 g/mol. The number of benzene rings is 3. The summed E-state index contributed by atoms with van der Waals surface area (Å²) >= 11 is 0. The van der Waals surface area contributed by atoms with Gasteiger partial charge in [0, 0.05) is 46.2 Å². The maximum absolute atomic E-state index is 11.2. The lowest BCUT2D eigenvalue weighted by atomic mass is 10.1. The van der Waals surface area contributed by atoms with Gasteiger partial charge in [-0.15, -0.1) is 0 Å². The van der Waals surface area contributed by atoms with Crippen molar-refractivity contribution in [3.05, 3.63) is 83.2 Å². The van der Waals surface area contributed by atoms with Gasteiger partial charge in [-0.25, -0.2) is 0 Å². The van der Waals surface area contributed by atoms with Gasteiger partial charge in [0.15, 0.2) is 0 Å². The molecule has 0 radical (unpaired) electrons. The minimum absolute atomic E-state index is 0.0107. The molecule has 5 rings (SSSR count). The van der Waals surface area contributed by atoms with Crippen LogP contribution in [-0.2, 0) is 0 Å². The molecule has 0 aliphatic heterocycles. The van der Waals surface area contributed by atoms with Crippen LogP contribution in [0.15, 0.2) is 73.1 Å². The van der Waals surface area contributed by atoms with Crippen molar-refractivity contribution in [2.24, 2.45) is 0 Å². The molecule has 27 heavy (non-hydrogen) atoms. The number of nitrogens with zero attached hydrogens (tertiary/aromatic N) is 2. The number of fused-ring (bicyclic) bond motifs is 4. The molecule has 5 aromatic rings.